The first-order chi connectivity index (χ1) is 7.84. The first-order valence-electron chi connectivity index (χ1n) is 5.88. The molecule has 1 fully saturated rings. The summed E-state index contributed by atoms with van der Waals surface area (Å²) in [6, 6.07) is 10.1. The van der Waals surface area contributed by atoms with Gasteiger partial charge in [0, 0.05) is 4.90 Å². The molecule has 0 amide bonds. The van der Waals surface area contributed by atoms with Crippen LogP contribution in [0.15, 0.2) is 30.3 Å². The van der Waals surface area contributed by atoms with Crippen molar-refractivity contribution in [1.82, 2.24) is 0 Å². The van der Waals surface area contributed by atoms with Gasteiger partial charge >= 0.3 is 0 Å². The van der Waals surface area contributed by atoms with E-state index in [0.717, 1.165) is 29.9 Å². The Morgan fingerprint density at radius 2 is 2.06 bits per heavy atom. The second kappa shape index (κ2) is 3.81. The highest BCUT2D eigenvalue weighted by Gasteiger charge is 2.42. The molecule has 0 radical (unpaired) electrons. The average molecular weight is 217 g/mol. The summed E-state index contributed by atoms with van der Waals surface area (Å²) >= 11 is 0. The van der Waals surface area contributed by atoms with Crippen molar-refractivity contribution < 1.29 is 9.74 Å². The lowest BCUT2D eigenvalue weighted by atomic mass is 9.95. The number of benzene rings is 1. The van der Waals surface area contributed by atoms with E-state index in [-0.39, 0.29) is 6.10 Å². The molecule has 3 rings (SSSR count). The topological polar surface area (TPSA) is 35.3 Å². The van der Waals surface area contributed by atoms with Gasteiger partial charge in [0.25, 0.3) is 0 Å². The van der Waals surface area contributed by atoms with Crippen molar-refractivity contribution in [3.05, 3.63) is 41.1 Å². The molecular formula is C13H15NO2. The molecule has 1 aromatic rings. The highest BCUT2D eigenvalue weighted by Crippen LogP contribution is 2.34. The van der Waals surface area contributed by atoms with Crippen LogP contribution in [0.1, 0.15) is 24.8 Å². The van der Waals surface area contributed by atoms with Gasteiger partial charge in [0.1, 0.15) is 0 Å². The molecule has 3 heteroatoms. The fraction of sp³-hybridized carbons (Fsp3) is 0.462. The summed E-state index contributed by atoms with van der Waals surface area (Å²) in [5.41, 5.74) is 2.10. The van der Waals surface area contributed by atoms with E-state index in [1.807, 2.05) is 18.2 Å². The Labute approximate surface area is 94.9 Å². The third-order valence-electron chi connectivity index (χ3n) is 3.57. The van der Waals surface area contributed by atoms with Crippen LogP contribution in [0.2, 0.25) is 0 Å². The van der Waals surface area contributed by atoms with Crippen molar-refractivity contribution in [3.63, 3.8) is 0 Å². The van der Waals surface area contributed by atoms with Crippen molar-refractivity contribution in [3.8, 4) is 0 Å². The van der Waals surface area contributed by atoms with Crippen LogP contribution in [0.3, 0.4) is 0 Å². The Balaban J connectivity index is 1.82. The maximum Gasteiger partial charge on any atom is 0.230 e. The highest BCUT2D eigenvalue weighted by atomic mass is 16.9. The van der Waals surface area contributed by atoms with Gasteiger partial charge < -0.3 is 4.84 Å². The van der Waals surface area contributed by atoms with Gasteiger partial charge in [-0.25, -0.2) is 0 Å². The monoisotopic (exact) mass is 217 g/mol. The van der Waals surface area contributed by atoms with Gasteiger partial charge in [0.2, 0.25) is 5.71 Å². The molecule has 1 aromatic carbocycles. The molecule has 2 atom stereocenters. The zero-order valence-corrected chi connectivity index (χ0v) is 9.13. The van der Waals surface area contributed by atoms with Gasteiger partial charge in [-0.3, -0.25) is 5.21 Å². The summed E-state index contributed by atoms with van der Waals surface area (Å²) in [6.07, 6.45) is 4.19. The maximum atomic E-state index is 11.6. The molecule has 1 heterocycles. The van der Waals surface area contributed by atoms with E-state index in [4.69, 9.17) is 4.84 Å². The van der Waals surface area contributed by atoms with E-state index >= 15 is 0 Å². The molecule has 0 spiro atoms. The Bertz CT molecular complexity index is 413. The number of rotatable bonds is 2. The van der Waals surface area contributed by atoms with E-state index in [9.17, 15) is 5.21 Å². The third-order valence-corrected chi connectivity index (χ3v) is 3.57. The molecule has 84 valence electrons. The highest BCUT2D eigenvalue weighted by molar-refractivity contribution is 5.85. The van der Waals surface area contributed by atoms with E-state index < -0.39 is 0 Å². The molecule has 16 heavy (non-hydrogen) atoms. The number of fused-ring (bicyclic) bond motifs is 1. The summed E-state index contributed by atoms with van der Waals surface area (Å²) in [4.78, 5) is 6.08. The van der Waals surface area contributed by atoms with Gasteiger partial charge in [-0.15, -0.1) is 0 Å². The van der Waals surface area contributed by atoms with Crippen molar-refractivity contribution in [2.24, 2.45) is 5.92 Å². The summed E-state index contributed by atoms with van der Waals surface area (Å²) in [5, 5.41) is 11.6. The maximum absolute atomic E-state index is 11.6. The quantitative estimate of drug-likeness (QED) is 0.712. The van der Waals surface area contributed by atoms with Crippen molar-refractivity contribution >= 4 is 5.71 Å². The lowest BCUT2D eigenvalue weighted by molar-refractivity contribution is -0.741. The molecule has 3 nitrogen and oxygen atoms in total. The third kappa shape index (κ3) is 1.56. The first kappa shape index (κ1) is 9.70. The van der Waals surface area contributed by atoms with Gasteiger partial charge in [-0.2, -0.15) is 0 Å². The Kier molecular flexibility index (Phi) is 2.31. The summed E-state index contributed by atoms with van der Waals surface area (Å²) < 4.78 is 0. The van der Waals surface area contributed by atoms with Crippen LogP contribution in [-0.4, -0.2) is 16.7 Å². The van der Waals surface area contributed by atoms with Gasteiger partial charge in [-0.05, 0) is 18.4 Å². The number of nitrogens with zero attached hydrogens (tertiary/aromatic N) is 1. The fourth-order valence-corrected chi connectivity index (χ4v) is 2.76. The Hall–Kier alpha value is -1.51. The molecule has 0 bridgehead atoms. The molecule has 0 saturated heterocycles. The van der Waals surface area contributed by atoms with Crippen LogP contribution in [-0.2, 0) is 11.3 Å². The van der Waals surface area contributed by atoms with Crippen LogP contribution in [0.25, 0.3) is 0 Å². The molecular weight excluding hydrogens is 202 g/mol. The molecule has 0 unspecified atom stereocenters. The first-order valence-corrected chi connectivity index (χ1v) is 5.88. The van der Waals surface area contributed by atoms with E-state index in [2.05, 4.69) is 12.1 Å². The van der Waals surface area contributed by atoms with Crippen LogP contribution in [0, 0.1) is 11.1 Å². The summed E-state index contributed by atoms with van der Waals surface area (Å²) in [6.45, 7) is 0. The van der Waals surface area contributed by atoms with Crippen LogP contribution in [0.5, 0.6) is 0 Å². The van der Waals surface area contributed by atoms with E-state index in [0.29, 0.717) is 5.92 Å². The predicted molar refractivity (Wildman–Crippen MR) is 61.0 cm³/mol. The second-order valence-corrected chi connectivity index (χ2v) is 4.59. The second-order valence-electron chi connectivity index (χ2n) is 4.59. The zero-order valence-electron chi connectivity index (χ0n) is 9.13. The predicted octanol–water partition coefficient (Wildman–Crippen LogP) is 2.29. The lowest BCUT2D eigenvalue weighted by Crippen LogP contribution is -2.19. The number of hydrogen-bond acceptors (Lipinski definition) is 2. The molecule has 2 aliphatic rings. The molecule has 1 aliphatic carbocycles. The molecule has 0 aromatic heterocycles. The number of hydrogen-bond donors (Lipinski definition) is 0. The Morgan fingerprint density at radius 3 is 2.88 bits per heavy atom. The van der Waals surface area contributed by atoms with Crippen molar-refractivity contribution in [2.45, 2.75) is 31.8 Å². The van der Waals surface area contributed by atoms with E-state index in [1.165, 1.54) is 12.0 Å². The lowest BCUT2D eigenvalue weighted by Gasteiger charge is -2.07. The fourth-order valence-electron chi connectivity index (χ4n) is 2.76. The molecule has 1 aliphatic heterocycles. The van der Waals surface area contributed by atoms with Gasteiger partial charge in [0.15, 0.2) is 0 Å². The normalized spacial score (nSPS) is 28.0. The molecule has 0 N–H and O–H groups in total. The van der Waals surface area contributed by atoms with Crippen LogP contribution >= 0.6 is 0 Å². The zero-order chi connectivity index (χ0) is 11.0. The largest absolute Gasteiger partial charge is 0.399 e. The van der Waals surface area contributed by atoms with Gasteiger partial charge in [-0.1, -0.05) is 36.8 Å². The summed E-state index contributed by atoms with van der Waals surface area (Å²) in [7, 11) is 0. The average Bonchev–Trinajstić information content (AvgIpc) is 2.84. The SMILES string of the molecule is [O-][N+]1=C(Cc2ccccc2)[C@H]2CCC[C@H]2O1. The standard InChI is InChI=1S/C13H15NO2/c15-14-12(9-10-5-2-1-3-6-10)11-7-4-8-13(11)16-14/h1-3,5-6,11,13H,4,7-9H2/t11-,13-/m1/s1. The van der Waals surface area contributed by atoms with Crippen LogP contribution < -0.4 is 0 Å². The van der Waals surface area contributed by atoms with E-state index in [1.54, 1.807) is 0 Å². The smallest absolute Gasteiger partial charge is 0.230 e. The van der Waals surface area contributed by atoms with Gasteiger partial charge in [0.05, 0.1) is 18.4 Å². The minimum atomic E-state index is 0.149. The van der Waals surface area contributed by atoms with Crippen molar-refractivity contribution in [1.29, 1.82) is 0 Å². The Morgan fingerprint density at radius 1 is 1.25 bits per heavy atom. The molecule has 1 saturated carbocycles. The minimum absolute atomic E-state index is 0.149. The minimum Gasteiger partial charge on any atom is -0.399 e. The van der Waals surface area contributed by atoms with Crippen LogP contribution in [0.4, 0.5) is 0 Å². The van der Waals surface area contributed by atoms with Crippen molar-refractivity contribution in [2.75, 3.05) is 0 Å². The summed E-state index contributed by atoms with van der Waals surface area (Å²) in [5.74, 6) is 0.359.